The van der Waals surface area contributed by atoms with Gasteiger partial charge in [0.25, 0.3) is 5.91 Å². The molecule has 5 rings (SSSR count). The number of fused-ring (bicyclic) bond motifs is 1. The SMILES string of the molecule is C=Nc1ncn(C)c1C(=O)N(C)Cc1nc(C2[C@H]3CN(c4cccc(C)c4)C[C@@H]23)no1. The predicted molar refractivity (Wildman–Crippen MR) is 116 cm³/mol. The molecule has 0 spiro atoms. The average Bonchev–Trinajstić information content (AvgIpc) is 3.18. The normalized spacial score (nSPS) is 21.8. The molecule has 1 saturated heterocycles. The van der Waals surface area contributed by atoms with Gasteiger partial charge >= 0.3 is 0 Å². The molecule has 3 aromatic rings. The quantitative estimate of drug-likeness (QED) is 0.570. The number of nitrogens with zero attached hydrogens (tertiary/aromatic N) is 7. The van der Waals surface area contributed by atoms with Crippen molar-refractivity contribution in [3.05, 3.63) is 53.6 Å². The molecule has 3 heterocycles. The van der Waals surface area contributed by atoms with Crippen LogP contribution in [0.2, 0.25) is 0 Å². The molecule has 1 amide bonds. The molecule has 9 nitrogen and oxygen atoms in total. The maximum Gasteiger partial charge on any atom is 0.274 e. The van der Waals surface area contributed by atoms with Crippen molar-refractivity contribution >= 4 is 24.1 Å². The zero-order valence-corrected chi connectivity index (χ0v) is 17.9. The fourth-order valence-corrected chi connectivity index (χ4v) is 4.65. The third-order valence-electron chi connectivity index (χ3n) is 6.33. The highest BCUT2D eigenvalue weighted by atomic mass is 16.5. The van der Waals surface area contributed by atoms with Crippen molar-refractivity contribution in [1.82, 2.24) is 24.6 Å². The van der Waals surface area contributed by atoms with Crippen molar-refractivity contribution in [2.75, 3.05) is 25.0 Å². The number of imidazole rings is 1. The van der Waals surface area contributed by atoms with Crippen LogP contribution >= 0.6 is 0 Å². The Morgan fingerprint density at radius 3 is 2.84 bits per heavy atom. The Hall–Kier alpha value is -3.49. The van der Waals surface area contributed by atoms with E-state index in [1.54, 1.807) is 25.0 Å². The van der Waals surface area contributed by atoms with Crippen LogP contribution in [-0.2, 0) is 13.6 Å². The van der Waals surface area contributed by atoms with E-state index in [1.807, 2.05) is 0 Å². The third kappa shape index (κ3) is 3.39. The maximum absolute atomic E-state index is 12.8. The molecule has 3 atom stereocenters. The summed E-state index contributed by atoms with van der Waals surface area (Å²) < 4.78 is 7.09. The van der Waals surface area contributed by atoms with Crippen LogP contribution in [0.3, 0.4) is 0 Å². The highest BCUT2D eigenvalue weighted by molar-refractivity contribution is 5.96. The minimum Gasteiger partial charge on any atom is -0.371 e. The Morgan fingerprint density at radius 1 is 1.35 bits per heavy atom. The molecule has 1 aliphatic heterocycles. The van der Waals surface area contributed by atoms with Crippen LogP contribution in [0.15, 0.2) is 40.1 Å². The van der Waals surface area contributed by atoms with E-state index in [1.165, 1.54) is 16.2 Å². The molecule has 2 aliphatic rings. The van der Waals surface area contributed by atoms with Crippen molar-refractivity contribution < 1.29 is 9.32 Å². The number of rotatable bonds is 6. The number of amides is 1. The average molecular weight is 419 g/mol. The Bertz CT molecular complexity index is 1140. The fourth-order valence-electron chi connectivity index (χ4n) is 4.65. The molecular formula is C22H25N7O2. The first kappa shape index (κ1) is 19.5. The summed E-state index contributed by atoms with van der Waals surface area (Å²) >= 11 is 0. The van der Waals surface area contributed by atoms with Gasteiger partial charge in [-0.1, -0.05) is 17.3 Å². The van der Waals surface area contributed by atoms with Crippen LogP contribution in [0.4, 0.5) is 11.5 Å². The van der Waals surface area contributed by atoms with E-state index in [0.717, 1.165) is 18.9 Å². The van der Waals surface area contributed by atoms with Gasteiger partial charge in [0.15, 0.2) is 17.3 Å². The van der Waals surface area contributed by atoms with Crippen LogP contribution in [0.5, 0.6) is 0 Å². The lowest BCUT2D eigenvalue weighted by molar-refractivity contribution is 0.0761. The number of aromatic nitrogens is 4. The molecule has 0 N–H and O–H groups in total. The molecular weight excluding hydrogens is 394 g/mol. The minimum absolute atomic E-state index is 0.223. The maximum atomic E-state index is 12.8. The Morgan fingerprint density at radius 2 is 2.13 bits per heavy atom. The number of aryl methyl sites for hydroxylation is 2. The van der Waals surface area contributed by atoms with Gasteiger partial charge < -0.3 is 18.9 Å². The van der Waals surface area contributed by atoms with Gasteiger partial charge in [-0.3, -0.25) is 4.79 Å². The molecule has 160 valence electrons. The summed E-state index contributed by atoms with van der Waals surface area (Å²) in [5.74, 6) is 2.73. The van der Waals surface area contributed by atoms with Gasteiger partial charge in [0, 0.05) is 38.8 Å². The summed E-state index contributed by atoms with van der Waals surface area (Å²) in [6.07, 6.45) is 1.54. The molecule has 1 aromatic carbocycles. The van der Waals surface area contributed by atoms with Crippen molar-refractivity contribution in [2.24, 2.45) is 23.9 Å². The third-order valence-corrected chi connectivity index (χ3v) is 6.33. The van der Waals surface area contributed by atoms with Crippen LogP contribution < -0.4 is 4.90 Å². The smallest absolute Gasteiger partial charge is 0.274 e. The van der Waals surface area contributed by atoms with E-state index >= 15 is 0 Å². The summed E-state index contributed by atoms with van der Waals surface area (Å²) in [7, 11) is 3.44. The summed E-state index contributed by atoms with van der Waals surface area (Å²) in [6, 6.07) is 8.62. The van der Waals surface area contributed by atoms with E-state index in [2.05, 4.69) is 62.9 Å². The molecule has 1 unspecified atom stereocenters. The van der Waals surface area contributed by atoms with Crippen LogP contribution in [-0.4, -0.2) is 57.4 Å². The molecule has 1 saturated carbocycles. The molecule has 1 aliphatic carbocycles. The summed E-state index contributed by atoms with van der Waals surface area (Å²) in [5.41, 5.74) is 2.94. The molecule has 31 heavy (non-hydrogen) atoms. The van der Waals surface area contributed by atoms with Gasteiger partial charge in [-0.15, -0.1) is 0 Å². The Labute approximate surface area is 180 Å². The number of hydrogen-bond donors (Lipinski definition) is 0. The van der Waals surface area contributed by atoms with Gasteiger partial charge in [-0.25, -0.2) is 9.98 Å². The van der Waals surface area contributed by atoms with Crippen LogP contribution in [0, 0.1) is 18.8 Å². The second kappa shape index (κ2) is 7.33. The molecule has 2 aromatic heterocycles. The van der Waals surface area contributed by atoms with E-state index in [0.29, 0.717) is 35.2 Å². The lowest BCUT2D eigenvalue weighted by Crippen LogP contribution is -2.28. The standard InChI is InChI=1S/C22H25N7O2/c1-13-6-5-7-14(8-13)29-9-15-16(10-29)18(15)20-25-17(31-26-20)11-27(3)22(30)19-21(23-2)24-12-28(19)4/h5-8,12,15-16,18H,2,9-11H2,1,3-4H3/t15-,16+,18?. The van der Waals surface area contributed by atoms with E-state index < -0.39 is 0 Å². The number of carbonyl (C=O) groups excluding carboxylic acids is 1. The van der Waals surface area contributed by atoms with Crippen molar-refractivity contribution in [1.29, 1.82) is 0 Å². The number of benzene rings is 1. The second-order valence-electron chi connectivity index (χ2n) is 8.49. The van der Waals surface area contributed by atoms with Crippen LogP contribution in [0.25, 0.3) is 0 Å². The Balaban J connectivity index is 1.21. The molecule has 9 heteroatoms. The molecule has 0 radical (unpaired) electrons. The number of aliphatic imine (C=N–C) groups is 1. The lowest BCUT2D eigenvalue weighted by Gasteiger charge is -2.21. The van der Waals surface area contributed by atoms with Gasteiger partial charge in [-0.2, -0.15) is 4.98 Å². The van der Waals surface area contributed by atoms with E-state index in [4.69, 9.17) is 4.52 Å². The summed E-state index contributed by atoms with van der Waals surface area (Å²) in [4.78, 5) is 29.2. The van der Waals surface area contributed by atoms with Crippen molar-refractivity contribution in [2.45, 2.75) is 19.4 Å². The highest BCUT2D eigenvalue weighted by Gasteiger charge is 2.58. The molecule has 0 bridgehead atoms. The van der Waals surface area contributed by atoms with Gasteiger partial charge in [-0.05, 0) is 43.2 Å². The van der Waals surface area contributed by atoms with Gasteiger partial charge in [0.05, 0.1) is 6.33 Å². The number of anilines is 1. The molecule has 2 fully saturated rings. The number of piperidine rings is 1. The largest absolute Gasteiger partial charge is 0.371 e. The second-order valence-corrected chi connectivity index (χ2v) is 8.49. The van der Waals surface area contributed by atoms with E-state index in [-0.39, 0.29) is 12.5 Å². The fraction of sp³-hybridized carbons (Fsp3) is 0.409. The predicted octanol–water partition coefficient (Wildman–Crippen LogP) is 2.57. The lowest BCUT2D eigenvalue weighted by atomic mass is 10.2. The van der Waals surface area contributed by atoms with Gasteiger partial charge in [0.1, 0.15) is 6.54 Å². The van der Waals surface area contributed by atoms with E-state index in [9.17, 15) is 4.79 Å². The number of hydrogen-bond acceptors (Lipinski definition) is 7. The summed E-state index contributed by atoms with van der Waals surface area (Å²) in [6.45, 7) is 7.85. The Kier molecular flexibility index (Phi) is 4.60. The van der Waals surface area contributed by atoms with Gasteiger partial charge in [0.2, 0.25) is 5.89 Å². The zero-order valence-electron chi connectivity index (χ0n) is 17.9. The first-order chi connectivity index (χ1) is 15.0. The zero-order chi connectivity index (χ0) is 21.7. The van der Waals surface area contributed by atoms with Crippen molar-refractivity contribution in [3.63, 3.8) is 0 Å². The van der Waals surface area contributed by atoms with Crippen LogP contribution in [0.1, 0.15) is 33.7 Å². The first-order valence-electron chi connectivity index (χ1n) is 10.3. The minimum atomic E-state index is -0.223. The summed E-state index contributed by atoms with van der Waals surface area (Å²) in [5, 5.41) is 4.21. The highest BCUT2D eigenvalue weighted by Crippen LogP contribution is 2.57. The monoisotopic (exact) mass is 419 g/mol. The van der Waals surface area contributed by atoms with Crippen molar-refractivity contribution in [3.8, 4) is 0 Å². The first-order valence-corrected chi connectivity index (χ1v) is 10.3. The number of carbonyl (C=O) groups is 1. The topological polar surface area (TPSA) is 92.7 Å².